The standard InChI is InChI=1S/C13H16O/c14-13-11-7-6-10(8-11)12(13)9-4-2-1-3-5-9/h1-5,10-14H,6-8H2/t10-,11+,12+,13-/m0/s1. The van der Waals surface area contributed by atoms with Gasteiger partial charge < -0.3 is 5.11 Å². The molecule has 1 aromatic rings. The van der Waals surface area contributed by atoms with Crippen molar-refractivity contribution in [1.82, 2.24) is 0 Å². The first-order valence-electron chi connectivity index (χ1n) is 5.59. The van der Waals surface area contributed by atoms with Crippen molar-refractivity contribution in [2.24, 2.45) is 11.8 Å². The second kappa shape index (κ2) is 3.09. The van der Waals surface area contributed by atoms with Crippen molar-refractivity contribution in [1.29, 1.82) is 0 Å². The van der Waals surface area contributed by atoms with Crippen LogP contribution in [0.25, 0.3) is 0 Å². The molecule has 2 aliphatic rings. The highest BCUT2D eigenvalue weighted by Crippen LogP contribution is 2.52. The fourth-order valence-electron chi connectivity index (χ4n) is 3.41. The van der Waals surface area contributed by atoms with Crippen molar-refractivity contribution < 1.29 is 5.11 Å². The smallest absolute Gasteiger partial charge is 0.0639 e. The molecule has 1 aromatic carbocycles. The third-order valence-electron chi connectivity index (χ3n) is 4.06. The summed E-state index contributed by atoms with van der Waals surface area (Å²) in [6, 6.07) is 10.5. The van der Waals surface area contributed by atoms with E-state index in [0.717, 1.165) is 5.92 Å². The molecule has 1 N–H and O–H groups in total. The average molecular weight is 188 g/mol. The quantitative estimate of drug-likeness (QED) is 0.718. The SMILES string of the molecule is O[C@H]1[C@@H]2CC[C@@H](C2)[C@H]1c1ccccc1. The zero-order chi connectivity index (χ0) is 9.54. The maximum atomic E-state index is 10.1. The Morgan fingerprint density at radius 2 is 1.71 bits per heavy atom. The van der Waals surface area contributed by atoms with Crippen LogP contribution in [-0.2, 0) is 0 Å². The first-order valence-corrected chi connectivity index (χ1v) is 5.59. The van der Waals surface area contributed by atoms with E-state index in [1.165, 1.54) is 24.8 Å². The fourth-order valence-corrected chi connectivity index (χ4v) is 3.41. The predicted molar refractivity (Wildman–Crippen MR) is 56.0 cm³/mol. The van der Waals surface area contributed by atoms with E-state index in [9.17, 15) is 5.11 Å². The van der Waals surface area contributed by atoms with E-state index in [-0.39, 0.29) is 6.10 Å². The predicted octanol–water partition coefficient (Wildman–Crippen LogP) is 2.56. The van der Waals surface area contributed by atoms with Crippen molar-refractivity contribution in [2.75, 3.05) is 0 Å². The molecule has 3 rings (SSSR count). The van der Waals surface area contributed by atoms with Crippen LogP contribution in [0.4, 0.5) is 0 Å². The zero-order valence-electron chi connectivity index (χ0n) is 8.26. The molecule has 1 nitrogen and oxygen atoms in total. The maximum Gasteiger partial charge on any atom is 0.0639 e. The van der Waals surface area contributed by atoms with E-state index in [0.29, 0.717) is 11.8 Å². The van der Waals surface area contributed by atoms with Gasteiger partial charge in [-0.3, -0.25) is 0 Å². The summed E-state index contributed by atoms with van der Waals surface area (Å²) in [7, 11) is 0. The van der Waals surface area contributed by atoms with Crippen LogP contribution in [0.2, 0.25) is 0 Å². The second-order valence-corrected chi connectivity index (χ2v) is 4.76. The minimum absolute atomic E-state index is 0.0730. The first kappa shape index (κ1) is 8.49. The third-order valence-corrected chi connectivity index (χ3v) is 4.06. The van der Waals surface area contributed by atoms with E-state index in [4.69, 9.17) is 0 Å². The molecule has 0 aliphatic heterocycles. The lowest BCUT2D eigenvalue weighted by atomic mass is 9.81. The minimum atomic E-state index is -0.0730. The lowest BCUT2D eigenvalue weighted by Gasteiger charge is -2.27. The van der Waals surface area contributed by atoms with Crippen LogP contribution in [0.5, 0.6) is 0 Å². The van der Waals surface area contributed by atoms with Crippen molar-refractivity contribution in [3.8, 4) is 0 Å². The Labute approximate surface area is 84.8 Å². The lowest BCUT2D eigenvalue weighted by Crippen LogP contribution is -2.25. The van der Waals surface area contributed by atoms with Gasteiger partial charge in [0, 0.05) is 5.92 Å². The van der Waals surface area contributed by atoms with Crippen LogP contribution < -0.4 is 0 Å². The second-order valence-electron chi connectivity index (χ2n) is 4.76. The van der Waals surface area contributed by atoms with Crippen LogP contribution in [0.15, 0.2) is 30.3 Å². The summed E-state index contributed by atoms with van der Waals surface area (Å²) in [5, 5.41) is 10.1. The summed E-state index contributed by atoms with van der Waals surface area (Å²) in [6.45, 7) is 0. The molecule has 0 heterocycles. The average Bonchev–Trinajstić information content (AvgIpc) is 2.79. The molecule has 2 fully saturated rings. The van der Waals surface area contributed by atoms with E-state index in [1.807, 2.05) is 6.07 Å². The summed E-state index contributed by atoms with van der Waals surface area (Å²) in [5.41, 5.74) is 1.34. The number of aliphatic hydroxyl groups excluding tert-OH is 1. The van der Waals surface area contributed by atoms with E-state index in [2.05, 4.69) is 24.3 Å². The fraction of sp³-hybridized carbons (Fsp3) is 0.538. The van der Waals surface area contributed by atoms with E-state index >= 15 is 0 Å². The Hall–Kier alpha value is -0.820. The molecule has 0 radical (unpaired) electrons. The molecule has 2 saturated carbocycles. The Balaban J connectivity index is 1.93. The van der Waals surface area contributed by atoms with Gasteiger partial charge in [0.1, 0.15) is 0 Å². The number of rotatable bonds is 1. The highest BCUT2D eigenvalue weighted by atomic mass is 16.3. The molecule has 14 heavy (non-hydrogen) atoms. The zero-order valence-corrected chi connectivity index (χ0v) is 8.26. The molecule has 2 bridgehead atoms. The van der Waals surface area contributed by atoms with Gasteiger partial charge in [0.15, 0.2) is 0 Å². The van der Waals surface area contributed by atoms with Crippen LogP contribution in [0, 0.1) is 11.8 Å². The summed E-state index contributed by atoms with van der Waals surface area (Å²) < 4.78 is 0. The van der Waals surface area contributed by atoms with E-state index < -0.39 is 0 Å². The number of aliphatic hydroxyl groups is 1. The van der Waals surface area contributed by atoms with Crippen LogP contribution in [0.3, 0.4) is 0 Å². The molecule has 1 heteroatoms. The Bertz CT molecular complexity index is 317. The molecule has 0 saturated heterocycles. The molecule has 74 valence electrons. The van der Waals surface area contributed by atoms with E-state index in [1.54, 1.807) is 0 Å². The number of benzene rings is 1. The highest BCUT2D eigenvalue weighted by molar-refractivity contribution is 5.25. The number of fused-ring (bicyclic) bond motifs is 2. The summed E-state index contributed by atoms with van der Waals surface area (Å²) in [6.07, 6.45) is 3.74. The minimum Gasteiger partial charge on any atom is -0.392 e. The molecule has 0 spiro atoms. The van der Waals surface area contributed by atoms with Crippen molar-refractivity contribution in [2.45, 2.75) is 31.3 Å². The normalized spacial score (nSPS) is 40.4. The van der Waals surface area contributed by atoms with Crippen LogP contribution >= 0.6 is 0 Å². The molecule has 0 unspecified atom stereocenters. The molecule has 2 aliphatic carbocycles. The molecule has 0 amide bonds. The van der Waals surface area contributed by atoms with Crippen LogP contribution in [-0.4, -0.2) is 11.2 Å². The topological polar surface area (TPSA) is 20.2 Å². The van der Waals surface area contributed by atoms with Gasteiger partial charge in [-0.15, -0.1) is 0 Å². The Kier molecular flexibility index (Phi) is 1.88. The van der Waals surface area contributed by atoms with Gasteiger partial charge in [-0.05, 0) is 36.7 Å². The Morgan fingerprint density at radius 3 is 2.36 bits per heavy atom. The summed E-state index contributed by atoms with van der Waals surface area (Å²) >= 11 is 0. The van der Waals surface area contributed by atoms with Gasteiger partial charge in [0.05, 0.1) is 6.10 Å². The largest absolute Gasteiger partial charge is 0.392 e. The van der Waals surface area contributed by atoms with Crippen LogP contribution in [0.1, 0.15) is 30.7 Å². The van der Waals surface area contributed by atoms with Crippen molar-refractivity contribution >= 4 is 0 Å². The third kappa shape index (κ3) is 1.12. The molecular weight excluding hydrogens is 172 g/mol. The van der Waals surface area contributed by atoms with Gasteiger partial charge >= 0.3 is 0 Å². The van der Waals surface area contributed by atoms with Crippen molar-refractivity contribution in [3.05, 3.63) is 35.9 Å². The number of hydrogen-bond donors (Lipinski definition) is 1. The van der Waals surface area contributed by atoms with Gasteiger partial charge in [-0.25, -0.2) is 0 Å². The molecular formula is C13H16O. The van der Waals surface area contributed by atoms with Gasteiger partial charge in [-0.2, -0.15) is 0 Å². The number of hydrogen-bond acceptors (Lipinski definition) is 1. The monoisotopic (exact) mass is 188 g/mol. The van der Waals surface area contributed by atoms with Gasteiger partial charge in [0.25, 0.3) is 0 Å². The summed E-state index contributed by atoms with van der Waals surface area (Å²) in [5.74, 6) is 1.76. The maximum absolute atomic E-state index is 10.1. The first-order chi connectivity index (χ1) is 6.86. The van der Waals surface area contributed by atoms with Crippen molar-refractivity contribution in [3.63, 3.8) is 0 Å². The van der Waals surface area contributed by atoms with Gasteiger partial charge in [0.2, 0.25) is 0 Å². The highest BCUT2D eigenvalue weighted by Gasteiger charge is 2.47. The summed E-state index contributed by atoms with van der Waals surface area (Å²) in [4.78, 5) is 0. The van der Waals surface area contributed by atoms with Gasteiger partial charge in [-0.1, -0.05) is 30.3 Å². The molecule has 0 aromatic heterocycles. The molecule has 4 atom stereocenters. The Morgan fingerprint density at radius 1 is 1.00 bits per heavy atom. The lowest BCUT2D eigenvalue weighted by molar-refractivity contribution is 0.0923.